The summed E-state index contributed by atoms with van der Waals surface area (Å²) in [5.41, 5.74) is 1.50. The second kappa shape index (κ2) is 12.0. The summed E-state index contributed by atoms with van der Waals surface area (Å²) in [6, 6.07) is 11.2. The fraction of sp³-hybridized carbons (Fsp3) is 0.286. The van der Waals surface area contributed by atoms with E-state index in [1.54, 1.807) is 62.4 Å². The second-order valence-corrected chi connectivity index (χ2v) is 9.38. The molecule has 0 saturated carbocycles. The highest BCUT2D eigenvalue weighted by atomic mass is 32.1. The molecule has 0 unspecified atom stereocenters. The third kappa shape index (κ3) is 5.73. The second-order valence-electron chi connectivity index (χ2n) is 8.37. The summed E-state index contributed by atoms with van der Waals surface area (Å²) >= 11 is 1.17. The van der Waals surface area contributed by atoms with Gasteiger partial charge in [0.05, 0.1) is 36.1 Å². The van der Waals surface area contributed by atoms with Crippen LogP contribution in [0.15, 0.2) is 63.5 Å². The van der Waals surface area contributed by atoms with Crippen LogP contribution < -0.4 is 29.1 Å². The van der Waals surface area contributed by atoms with Crippen molar-refractivity contribution in [2.45, 2.75) is 26.8 Å². The molecule has 204 valence electrons. The lowest BCUT2D eigenvalue weighted by molar-refractivity contribution is -0.140. The van der Waals surface area contributed by atoms with Crippen LogP contribution in [-0.4, -0.2) is 48.5 Å². The number of aliphatic carboxylic acids is 1. The van der Waals surface area contributed by atoms with Gasteiger partial charge in [-0.1, -0.05) is 35.6 Å². The molecule has 3 aromatic rings. The molecule has 0 spiro atoms. The van der Waals surface area contributed by atoms with Crippen molar-refractivity contribution in [3.8, 4) is 17.2 Å². The molecule has 10 nitrogen and oxygen atoms in total. The predicted molar refractivity (Wildman–Crippen MR) is 144 cm³/mol. The van der Waals surface area contributed by atoms with Crippen LogP contribution in [0.1, 0.15) is 37.9 Å². The summed E-state index contributed by atoms with van der Waals surface area (Å²) in [7, 11) is 1.52. The van der Waals surface area contributed by atoms with Crippen LogP contribution in [0.25, 0.3) is 6.08 Å². The molecule has 1 aromatic heterocycles. The van der Waals surface area contributed by atoms with Gasteiger partial charge in [-0.05, 0) is 50.6 Å². The number of hydrogen-bond donors (Lipinski definition) is 1. The number of carboxylic acid groups (broad SMARTS) is 1. The molecule has 0 radical (unpaired) electrons. The summed E-state index contributed by atoms with van der Waals surface area (Å²) in [6.07, 6.45) is 1.67. The molecule has 0 aliphatic carbocycles. The first kappa shape index (κ1) is 27.6. The van der Waals surface area contributed by atoms with Crippen molar-refractivity contribution in [2.24, 2.45) is 4.99 Å². The lowest BCUT2D eigenvalue weighted by Gasteiger charge is -2.26. The number of hydrogen-bond acceptors (Lipinski definition) is 9. The van der Waals surface area contributed by atoms with Crippen LogP contribution in [0.5, 0.6) is 17.2 Å². The van der Waals surface area contributed by atoms with Gasteiger partial charge in [0, 0.05) is 5.56 Å². The number of carbonyl (C=O) groups is 2. The summed E-state index contributed by atoms with van der Waals surface area (Å²) < 4.78 is 23.9. The van der Waals surface area contributed by atoms with Gasteiger partial charge in [0.15, 0.2) is 22.9 Å². The monoisotopic (exact) mass is 552 g/mol. The molecule has 2 aromatic carbocycles. The van der Waals surface area contributed by atoms with Crippen molar-refractivity contribution in [1.29, 1.82) is 0 Å². The largest absolute Gasteiger partial charge is 0.493 e. The molecule has 1 aliphatic rings. The smallest absolute Gasteiger partial charge is 0.341 e. The Morgan fingerprint density at radius 2 is 1.90 bits per heavy atom. The molecule has 0 saturated heterocycles. The number of aromatic nitrogens is 1. The summed E-state index contributed by atoms with van der Waals surface area (Å²) in [5, 5.41) is 8.89. The molecule has 4 rings (SSSR count). The average Bonchev–Trinajstić information content (AvgIpc) is 3.21. The maximum atomic E-state index is 13.9. The number of carbonyl (C=O) groups excluding carboxylic acids is 1. The van der Waals surface area contributed by atoms with Crippen molar-refractivity contribution in [1.82, 2.24) is 4.57 Å². The highest BCUT2D eigenvalue weighted by Gasteiger charge is 2.35. The van der Waals surface area contributed by atoms with E-state index in [2.05, 4.69) is 4.99 Å². The molecule has 39 heavy (non-hydrogen) atoms. The molecular formula is C28H28N2O8S. The first-order chi connectivity index (χ1) is 18.8. The Kier molecular flexibility index (Phi) is 8.50. The Balaban J connectivity index is 1.93. The Labute approximate surface area is 228 Å². The van der Waals surface area contributed by atoms with E-state index in [1.807, 2.05) is 6.92 Å². The minimum absolute atomic E-state index is 0.156. The lowest BCUT2D eigenvalue weighted by atomic mass is 9.94. The average molecular weight is 553 g/mol. The van der Waals surface area contributed by atoms with E-state index in [9.17, 15) is 14.4 Å². The highest BCUT2D eigenvalue weighted by Crippen LogP contribution is 2.40. The summed E-state index contributed by atoms with van der Waals surface area (Å²) in [5.74, 6) is -0.429. The first-order valence-electron chi connectivity index (χ1n) is 12.2. The summed E-state index contributed by atoms with van der Waals surface area (Å²) in [4.78, 5) is 42.9. The first-order valence-corrected chi connectivity index (χ1v) is 13.0. The van der Waals surface area contributed by atoms with Gasteiger partial charge in [-0.3, -0.25) is 9.36 Å². The number of thiazole rings is 1. The molecule has 0 fully saturated rings. The van der Waals surface area contributed by atoms with Crippen LogP contribution in [0.2, 0.25) is 0 Å². The number of carboxylic acids is 1. The molecule has 0 amide bonds. The number of benzene rings is 2. The Hall–Kier alpha value is -4.38. The Bertz CT molecular complexity index is 1620. The van der Waals surface area contributed by atoms with Gasteiger partial charge in [0.1, 0.15) is 11.8 Å². The number of rotatable bonds is 10. The van der Waals surface area contributed by atoms with Crippen LogP contribution in [-0.2, 0) is 14.3 Å². The van der Waals surface area contributed by atoms with Gasteiger partial charge in [-0.2, -0.15) is 0 Å². The molecule has 1 aliphatic heterocycles. The van der Waals surface area contributed by atoms with Crippen molar-refractivity contribution >= 4 is 29.4 Å². The predicted octanol–water partition coefficient (Wildman–Crippen LogP) is 2.67. The lowest BCUT2D eigenvalue weighted by Crippen LogP contribution is -2.40. The van der Waals surface area contributed by atoms with Crippen LogP contribution in [0.3, 0.4) is 0 Å². The number of para-hydroxylation sites is 1. The number of nitrogens with zero attached hydrogens (tertiary/aromatic N) is 2. The maximum Gasteiger partial charge on any atom is 0.341 e. The van der Waals surface area contributed by atoms with E-state index in [1.165, 1.54) is 23.0 Å². The number of esters is 1. The Morgan fingerprint density at radius 1 is 1.13 bits per heavy atom. The number of ether oxygens (including phenoxy) is 4. The van der Waals surface area contributed by atoms with Crippen LogP contribution in [0.4, 0.5) is 0 Å². The van der Waals surface area contributed by atoms with E-state index in [4.69, 9.17) is 24.1 Å². The third-order valence-electron chi connectivity index (χ3n) is 5.85. The van der Waals surface area contributed by atoms with Crippen LogP contribution >= 0.6 is 11.3 Å². The van der Waals surface area contributed by atoms with E-state index in [0.29, 0.717) is 50.0 Å². The zero-order chi connectivity index (χ0) is 28.1. The van der Waals surface area contributed by atoms with E-state index in [-0.39, 0.29) is 17.7 Å². The minimum atomic E-state index is -1.09. The molecule has 1 atom stereocenters. The molecular weight excluding hydrogens is 524 g/mol. The van der Waals surface area contributed by atoms with Crippen LogP contribution in [0, 0.1) is 0 Å². The van der Waals surface area contributed by atoms with Crippen molar-refractivity contribution in [3.05, 3.63) is 84.5 Å². The van der Waals surface area contributed by atoms with Crippen molar-refractivity contribution < 1.29 is 33.6 Å². The van der Waals surface area contributed by atoms with E-state index < -0.39 is 24.6 Å². The van der Waals surface area contributed by atoms with E-state index >= 15 is 0 Å². The highest BCUT2D eigenvalue weighted by molar-refractivity contribution is 7.07. The number of fused-ring (bicyclic) bond motifs is 1. The van der Waals surface area contributed by atoms with Gasteiger partial charge in [0.2, 0.25) is 0 Å². The SMILES string of the molecule is CCOC(=O)C1=C(C)N=c2s/c(=C/c3cccc(OCC(=O)O)c3)c(=O)n2[C@H]1c1cccc(OC)c1OCC. The topological polar surface area (TPSA) is 126 Å². The van der Waals surface area contributed by atoms with E-state index in [0.717, 1.165) is 0 Å². The Morgan fingerprint density at radius 3 is 2.59 bits per heavy atom. The minimum Gasteiger partial charge on any atom is -0.493 e. The summed E-state index contributed by atoms with van der Waals surface area (Å²) in [6.45, 7) is 5.27. The normalized spacial score (nSPS) is 14.9. The zero-order valence-electron chi connectivity index (χ0n) is 21.9. The van der Waals surface area contributed by atoms with Crippen molar-refractivity contribution in [3.63, 3.8) is 0 Å². The van der Waals surface area contributed by atoms with Gasteiger partial charge >= 0.3 is 11.9 Å². The quantitative estimate of drug-likeness (QED) is 0.381. The molecule has 11 heteroatoms. The number of methoxy groups -OCH3 is 1. The van der Waals surface area contributed by atoms with Gasteiger partial charge in [0.25, 0.3) is 5.56 Å². The standard InChI is InChI=1S/C28H28N2O8S/c1-5-36-25-19(11-8-12-20(25)35-4)24-23(27(34)37-6-2)16(3)29-28-30(24)26(33)21(39-28)14-17-9-7-10-18(13-17)38-15-22(31)32/h7-14,24H,5-6,15H2,1-4H3,(H,31,32)/b21-14+/t24-/m0/s1. The van der Waals surface area contributed by atoms with Gasteiger partial charge in [-0.15, -0.1) is 0 Å². The maximum absolute atomic E-state index is 13.9. The zero-order valence-corrected chi connectivity index (χ0v) is 22.7. The molecule has 0 bridgehead atoms. The third-order valence-corrected chi connectivity index (χ3v) is 6.83. The fourth-order valence-electron chi connectivity index (χ4n) is 4.28. The van der Waals surface area contributed by atoms with Gasteiger partial charge < -0.3 is 24.1 Å². The van der Waals surface area contributed by atoms with Gasteiger partial charge in [-0.25, -0.2) is 14.6 Å². The number of allylic oxidation sites excluding steroid dienone is 1. The van der Waals surface area contributed by atoms with Crippen molar-refractivity contribution in [2.75, 3.05) is 26.9 Å². The fourth-order valence-corrected chi connectivity index (χ4v) is 5.33. The molecule has 2 heterocycles. The molecule has 1 N–H and O–H groups in total.